The third-order valence-electron chi connectivity index (χ3n) is 5.59. The highest BCUT2D eigenvalue weighted by Gasteiger charge is 2.35. The van der Waals surface area contributed by atoms with Gasteiger partial charge in [-0.2, -0.15) is 0 Å². The summed E-state index contributed by atoms with van der Waals surface area (Å²) in [7, 11) is 0. The van der Waals surface area contributed by atoms with Crippen molar-refractivity contribution in [3.8, 4) is 11.1 Å². The van der Waals surface area contributed by atoms with Crippen LogP contribution in [0.25, 0.3) is 11.1 Å². The highest BCUT2D eigenvalue weighted by molar-refractivity contribution is 6.01. The molecule has 2 unspecified atom stereocenters. The van der Waals surface area contributed by atoms with Gasteiger partial charge in [0, 0.05) is 24.4 Å². The number of amides is 4. The summed E-state index contributed by atoms with van der Waals surface area (Å²) in [6, 6.07) is 11.8. The van der Waals surface area contributed by atoms with E-state index in [0.717, 1.165) is 22.3 Å². The van der Waals surface area contributed by atoms with Gasteiger partial charge in [0.2, 0.25) is 5.91 Å². The normalized spacial score (nSPS) is 17.0. The molecule has 4 rings (SSSR count). The van der Waals surface area contributed by atoms with Crippen LogP contribution in [0.3, 0.4) is 0 Å². The molecule has 2 aromatic carbocycles. The number of carbonyl (C=O) groups is 5. The van der Waals surface area contributed by atoms with Crippen molar-refractivity contribution in [2.45, 2.75) is 31.7 Å². The van der Waals surface area contributed by atoms with Gasteiger partial charge in [-0.3, -0.25) is 19.2 Å². The van der Waals surface area contributed by atoms with E-state index in [1.54, 1.807) is 12.1 Å². The van der Waals surface area contributed by atoms with E-state index in [4.69, 9.17) is 14.7 Å². The lowest BCUT2D eigenvalue weighted by molar-refractivity contribution is -0.177. The molecule has 1 aliphatic carbocycles. The van der Waals surface area contributed by atoms with Crippen LogP contribution in [0, 0.1) is 0 Å². The molecule has 3 N–H and O–H groups in total. The van der Waals surface area contributed by atoms with E-state index in [1.807, 2.05) is 30.3 Å². The highest BCUT2D eigenvalue weighted by Crippen LogP contribution is 2.45. The van der Waals surface area contributed by atoms with E-state index in [2.05, 4.69) is 10.6 Å². The fourth-order valence-electron chi connectivity index (χ4n) is 3.98. The van der Waals surface area contributed by atoms with E-state index in [0.29, 0.717) is 10.8 Å². The van der Waals surface area contributed by atoms with E-state index in [-0.39, 0.29) is 19.4 Å². The Morgan fingerprint density at radius 2 is 1.74 bits per heavy atom. The first-order valence-electron chi connectivity index (χ1n) is 10.5. The second-order valence-corrected chi connectivity index (χ2v) is 7.84. The lowest BCUT2D eigenvalue weighted by Gasteiger charge is -2.17. The summed E-state index contributed by atoms with van der Waals surface area (Å²) < 4.78 is 5.23. The number of rotatable bonds is 6. The molecule has 2 aliphatic rings. The van der Waals surface area contributed by atoms with Crippen molar-refractivity contribution in [2.75, 3.05) is 11.9 Å². The van der Waals surface area contributed by atoms with Gasteiger partial charge in [0.1, 0.15) is 12.6 Å². The fraction of sp³-hybridized carbons (Fsp3) is 0.261. The van der Waals surface area contributed by atoms with E-state index >= 15 is 0 Å². The molecule has 0 aromatic heterocycles. The van der Waals surface area contributed by atoms with Crippen LogP contribution in [0.4, 0.5) is 15.3 Å². The SMILES string of the molecule is CC(NC(=O)O)C(=O)Nc1ccc2c(c1)C(COC(=O)ON1C(=O)CCC1=O)c1ccccc1-2. The molecule has 0 saturated carbocycles. The molecule has 0 radical (unpaired) electrons. The van der Waals surface area contributed by atoms with Gasteiger partial charge in [0.05, 0.1) is 0 Å². The number of hydrogen-bond acceptors (Lipinski definition) is 7. The smallest absolute Gasteiger partial charge is 0.465 e. The lowest BCUT2D eigenvalue weighted by atomic mass is 9.97. The molecule has 2 aromatic rings. The van der Waals surface area contributed by atoms with Crippen molar-refractivity contribution in [2.24, 2.45) is 0 Å². The first-order chi connectivity index (χ1) is 16.2. The zero-order valence-electron chi connectivity index (χ0n) is 18.1. The van der Waals surface area contributed by atoms with Crippen molar-refractivity contribution in [1.82, 2.24) is 10.4 Å². The van der Waals surface area contributed by atoms with Crippen molar-refractivity contribution < 1.29 is 38.7 Å². The van der Waals surface area contributed by atoms with Gasteiger partial charge in [0.25, 0.3) is 11.8 Å². The average molecular weight is 467 g/mol. The number of imide groups is 1. The van der Waals surface area contributed by atoms with Crippen LogP contribution in [0.1, 0.15) is 36.8 Å². The summed E-state index contributed by atoms with van der Waals surface area (Å²) in [6.07, 6.45) is -2.53. The number of carboxylic acid groups (broad SMARTS) is 1. The molecule has 0 spiro atoms. The van der Waals surface area contributed by atoms with E-state index in [1.165, 1.54) is 6.92 Å². The molecule has 11 nitrogen and oxygen atoms in total. The molecule has 34 heavy (non-hydrogen) atoms. The third kappa shape index (κ3) is 4.53. The standard InChI is InChI=1S/C23H21N3O8/c1-12(24-22(30)31)21(29)25-13-6-7-16-14-4-2-3-5-15(14)18(17(16)10-13)11-33-23(32)34-26-19(27)8-9-20(26)28/h2-7,10,12,18,24H,8-9,11H2,1H3,(H,25,29)(H,30,31). The fourth-order valence-corrected chi connectivity index (χ4v) is 3.98. The molecule has 1 saturated heterocycles. The number of hydroxylamine groups is 2. The maximum atomic E-state index is 12.3. The second-order valence-electron chi connectivity index (χ2n) is 7.84. The van der Waals surface area contributed by atoms with Gasteiger partial charge in [-0.1, -0.05) is 35.4 Å². The molecule has 176 valence electrons. The van der Waals surface area contributed by atoms with Gasteiger partial charge in [-0.25, -0.2) is 9.59 Å². The number of anilines is 1. The van der Waals surface area contributed by atoms with Crippen molar-refractivity contribution in [3.63, 3.8) is 0 Å². The van der Waals surface area contributed by atoms with E-state index in [9.17, 15) is 24.0 Å². The highest BCUT2D eigenvalue weighted by atomic mass is 16.8. The Morgan fingerprint density at radius 1 is 1.06 bits per heavy atom. The summed E-state index contributed by atoms with van der Waals surface area (Å²) in [5, 5.41) is 14.0. The lowest BCUT2D eigenvalue weighted by Crippen LogP contribution is -2.40. The Hall–Kier alpha value is -4.41. The van der Waals surface area contributed by atoms with Crippen molar-refractivity contribution in [3.05, 3.63) is 53.6 Å². The summed E-state index contributed by atoms with van der Waals surface area (Å²) in [5.74, 6) is -2.14. The number of ether oxygens (including phenoxy) is 1. The van der Waals surface area contributed by atoms with Gasteiger partial charge >= 0.3 is 12.2 Å². The molecule has 4 amide bonds. The minimum atomic E-state index is -1.31. The zero-order valence-corrected chi connectivity index (χ0v) is 18.1. The Bertz CT molecular complexity index is 1180. The number of nitrogens with zero attached hydrogens (tertiary/aromatic N) is 1. The average Bonchev–Trinajstić information content (AvgIpc) is 3.28. The van der Waals surface area contributed by atoms with Crippen molar-refractivity contribution >= 4 is 35.7 Å². The van der Waals surface area contributed by atoms with Crippen LogP contribution < -0.4 is 10.6 Å². The minimum absolute atomic E-state index is 0.0232. The molecule has 1 heterocycles. The number of fused-ring (bicyclic) bond motifs is 3. The predicted octanol–water partition coefficient (Wildman–Crippen LogP) is 2.61. The topological polar surface area (TPSA) is 151 Å². The largest absolute Gasteiger partial charge is 0.533 e. The van der Waals surface area contributed by atoms with Gasteiger partial charge < -0.3 is 20.5 Å². The van der Waals surface area contributed by atoms with Crippen LogP contribution in [0.2, 0.25) is 0 Å². The first kappa shape index (κ1) is 22.8. The maximum Gasteiger partial charge on any atom is 0.533 e. The molecular weight excluding hydrogens is 446 g/mol. The molecule has 2 atom stereocenters. The molecule has 1 fully saturated rings. The number of hydrogen-bond donors (Lipinski definition) is 3. The summed E-state index contributed by atoms with van der Waals surface area (Å²) in [6.45, 7) is 1.29. The number of nitrogens with one attached hydrogen (secondary N) is 2. The maximum absolute atomic E-state index is 12.3. The van der Waals surface area contributed by atoms with Crippen molar-refractivity contribution in [1.29, 1.82) is 0 Å². The quantitative estimate of drug-likeness (QED) is 0.433. The van der Waals surface area contributed by atoms with Gasteiger partial charge in [0.15, 0.2) is 0 Å². The minimum Gasteiger partial charge on any atom is -0.465 e. The predicted molar refractivity (Wildman–Crippen MR) is 116 cm³/mol. The van der Waals surface area contributed by atoms with Gasteiger partial charge in [-0.15, -0.1) is 0 Å². The third-order valence-corrected chi connectivity index (χ3v) is 5.59. The Balaban J connectivity index is 1.51. The summed E-state index contributed by atoms with van der Waals surface area (Å²) in [5.41, 5.74) is 3.93. The number of benzene rings is 2. The molecule has 11 heteroatoms. The monoisotopic (exact) mass is 467 g/mol. The Kier molecular flexibility index (Phi) is 6.17. The van der Waals surface area contributed by atoms with Crippen LogP contribution in [-0.2, 0) is 24.0 Å². The summed E-state index contributed by atoms with van der Waals surface area (Å²) >= 11 is 0. The summed E-state index contributed by atoms with van der Waals surface area (Å²) in [4.78, 5) is 63.3. The van der Waals surface area contributed by atoms with Gasteiger partial charge in [-0.05, 0) is 41.3 Å². The van der Waals surface area contributed by atoms with Crippen LogP contribution in [0.5, 0.6) is 0 Å². The second kappa shape index (κ2) is 9.22. The molecular formula is C23H21N3O8. The molecule has 0 bridgehead atoms. The first-order valence-corrected chi connectivity index (χ1v) is 10.5. The van der Waals surface area contributed by atoms with Crippen LogP contribution in [0.15, 0.2) is 42.5 Å². The van der Waals surface area contributed by atoms with Crippen LogP contribution >= 0.6 is 0 Å². The molecule has 1 aliphatic heterocycles. The zero-order chi connectivity index (χ0) is 24.4. The van der Waals surface area contributed by atoms with Crippen LogP contribution in [-0.4, -0.2) is 52.8 Å². The number of carbonyl (C=O) groups excluding carboxylic acids is 4. The Labute approximate surface area is 193 Å². The Morgan fingerprint density at radius 3 is 2.44 bits per heavy atom. The van der Waals surface area contributed by atoms with E-state index < -0.39 is 41.9 Å².